The lowest BCUT2D eigenvalue weighted by Crippen LogP contribution is -2.31. The number of rotatable bonds is 6. The SMILES string of the molecule is Cc1nnc(CN(Cc2ccccc2C)C[C@@H]2CCCO2)s1. The third kappa shape index (κ3) is 4.12. The summed E-state index contributed by atoms with van der Waals surface area (Å²) in [5, 5.41) is 10.5. The summed E-state index contributed by atoms with van der Waals surface area (Å²) in [6, 6.07) is 8.59. The Labute approximate surface area is 136 Å². The molecule has 2 aromatic rings. The van der Waals surface area contributed by atoms with E-state index in [-0.39, 0.29) is 0 Å². The molecule has 1 atom stereocenters. The van der Waals surface area contributed by atoms with E-state index in [9.17, 15) is 0 Å². The first-order chi connectivity index (χ1) is 10.7. The maximum atomic E-state index is 5.82. The maximum absolute atomic E-state index is 5.82. The molecule has 1 aliphatic rings. The van der Waals surface area contributed by atoms with Gasteiger partial charge >= 0.3 is 0 Å². The van der Waals surface area contributed by atoms with Crippen molar-refractivity contribution in [2.24, 2.45) is 0 Å². The van der Waals surface area contributed by atoms with Gasteiger partial charge in [0.15, 0.2) is 0 Å². The molecule has 0 aliphatic carbocycles. The van der Waals surface area contributed by atoms with E-state index in [1.54, 1.807) is 11.3 Å². The molecule has 1 aromatic carbocycles. The third-order valence-electron chi connectivity index (χ3n) is 4.07. The highest BCUT2D eigenvalue weighted by Gasteiger charge is 2.20. The molecule has 118 valence electrons. The van der Waals surface area contributed by atoms with Crippen LogP contribution in [0.1, 0.15) is 34.0 Å². The topological polar surface area (TPSA) is 38.2 Å². The summed E-state index contributed by atoms with van der Waals surface area (Å²) in [6.45, 7) is 7.83. The molecule has 1 aliphatic heterocycles. The zero-order valence-electron chi connectivity index (χ0n) is 13.3. The zero-order valence-corrected chi connectivity index (χ0v) is 14.1. The van der Waals surface area contributed by atoms with Crippen molar-refractivity contribution in [3.8, 4) is 0 Å². The average Bonchev–Trinajstić information content (AvgIpc) is 3.13. The number of hydrogen-bond donors (Lipinski definition) is 0. The Balaban J connectivity index is 1.71. The van der Waals surface area contributed by atoms with E-state index in [4.69, 9.17) is 4.74 Å². The lowest BCUT2D eigenvalue weighted by Gasteiger charge is -2.25. The molecular weight excluding hydrogens is 294 g/mol. The van der Waals surface area contributed by atoms with Gasteiger partial charge in [-0.25, -0.2) is 0 Å². The minimum atomic E-state index is 0.359. The van der Waals surface area contributed by atoms with Gasteiger partial charge in [-0.1, -0.05) is 24.3 Å². The Hall–Kier alpha value is -1.30. The molecule has 4 nitrogen and oxygen atoms in total. The minimum absolute atomic E-state index is 0.359. The Morgan fingerprint density at radius 1 is 1.23 bits per heavy atom. The van der Waals surface area contributed by atoms with E-state index in [0.717, 1.165) is 36.3 Å². The molecule has 5 heteroatoms. The van der Waals surface area contributed by atoms with Crippen molar-refractivity contribution in [2.45, 2.75) is 45.9 Å². The first kappa shape index (κ1) is 15.6. The van der Waals surface area contributed by atoms with Crippen LogP contribution in [-0.2, 0) is 17.8 Å². The van der Waals surface area contributed by atoms with Gasteiger partial charge in [-0.15, -0.1) is 21.5 Å². The summed E-state index contributed by atoms with van der Waals surface area (Å²) in [4.78, 5) is 2.44. The van der Waals surface area contributed by atoms with Crippen molar-refractivity contribution in [2.75, 3.05) is 13.2 Å². The minimum Gasteiger partial charge on any atom is -0.377 e. The Kier molecular flexibility index (Phi) is 5.18. The van der Waals surface area contributed by atoms with Gasteiger partial charge in [0.25, 0.3) is 0 Å². The van der Waals surface area contributed by atoms with Crippen LogP contribution in [0.4, 0.5) is 0 Å². The van der Waals surface area contributed by atoms with Gasteiger partial charge in [0.05, 0.1) is 12.6 Å². The van der Waals surface area contributed by atoms with E-state index in [2.05, 4.69) is 46.3 Å². The summed E-state index contributed by atoms with van der Waals surface area (Å²) in [7, 11) is 0. The number of hydrogen-bond acceptors (Lipinski definition) is 5. The van der Waals surface area contributed by atoms with Crippen LogP contribution in [0.5, 0.6) is 0 Å². The number of nitrogens with zero attached hydrogens (tertiary/aromatic N) is 3. The first-order valence-electron chi connectivity index (χ1n) is 7.88. The quantitative estimate of drug-likeness (QED) is 0.819. The van der Waals surface area contributed by atoms with Gasteiger partial charge in [0.2, 0.25) is 0 Å². The summed E-state index contributed by atoms with van der Waals surface area (Å²) in [5.41, 5.74) is 2.72. The van der Waals surface area contributed by atoms with E-state index < -0.39 is 0 Å². The smallest absolute Gasteiger partial charge is 0.131 e. The average molecular weight is 317 g/mol. The standard InChI is InChI=1S/C17H23N3OS/c1-13-6-3-4-7-15(13)10-20(11-16-8-5-9-21-16)12-17-19-18-14(2)22-17/h3-4,6-7,16H,5,8-12H2,1-2H3/t16-/m0/s1. The zero-order chi connectivity index (χ0) is 15.4. The highest BCUT2D eigenvalue weighted by atomic mass is 32.1. The molecule has 2 heterocycles. The fourth-order valence-electron chi connectivity index (χ4n) is 2.88. The van der Waals surface area contributed by atoms with Gasteiger partial charge < -0.3 is 4.74 Å². The highest BCUT2D eigenvalue weighted by Crippen LogP contribution is 2.19. The molecule has 1 saturated heterocycles. The van der Waals surface area contributed by atoms with Crippen LogP contribution in [0.2, 0.25) is 0 Å². The van der Waals surface area contributed by atoms with Gasteiger partial charge in [0, 0.05) is 19.7 Å². The van der Waals surface area contributed by atoms with Gasteiger partial charge in [-0.3, -0.25) is 4.90 Å². The molecule has 0 spiro atoms. The fraction of sp³-hybridized carbons (Fsp3) is 0.529. The second-order valence-corrected chi connectivity index (χ2v) is 7.21. The van der Waals surface area contributed by atoms with Crippen molar-refractivity contribution >= 4 is 11.3 Å². The van der Waals surface area contributed by atoms with E-state index in [1.807, 2.05) is 6.92 Å². The Bertz CT molecular complexity index is 607. The van der Waals surface area contributed by atoms with Crippen LogP contribution < -0.4 is 0 Å². The van der Waals surface area contributed by atoms with Crippen molar-refractivity contribution in [1.29, 1.82) is 0 Å². The maximum Gasteiger partial charge on any atom is 0.131 e. The summed E-state index contributed by atoms with van der Waals surface area (Å²) >= 11 is 1.68. The van der Waals surface area contributed by atoms with Crippen LogP contribution in [0.15, 0.2) is 24.3 Å². The lowest BCUT2D eigenvalue weighted by atomic mass is 10.1. The monoisotopic (exact) mass is 317 g/mol. The van der Waals surface area contributed by atoms with Gasteiger partial charge in [0.1, 0.15) is 10.0 Å². The van der Waals surface area contributed by atoms with Crippen LogP contribution >= 0.6 is 11.3 Å². The van der Waals surface area contributed by atoms with Crippen molar-refractivity contribution in [3.05, 3.63) is 45.4 Å². The van der Waals surface area contributed by atoms with E-state index in [0.29, 0.717) is 6.10 Å². The molecule has 22 heavy (non-hydrogen) atoms. The molecule has 0 unspecified atom stereocenters. The molecule has 1 aromatic heterocycles. The third-order valence-corrected chi connectivity index (χ3v) is 4.89. The fourth-order valence-corrected chi connectivity index (χ4v) is 3.63. The molecule has 0 amide bonds. The number of benzene rings is 1. The second kappa shape index (κ2) is 7.31. The molecular formula is C17H23N3OS. The predicted octanol–water partition coefficient (Wildman–Crippen LogP) is 3.34. The van der Waals surface area contributed by atoms with Crippen LogP contribution in [0.3, 0.4) is 0 Å². The Morgan fingerprint density at radius 3 is 2.77 bits per heavy atom. The number of aromatic nitrogens is 2. The second-order valence-electron chi connectivity index (χ2n) is 5.95. The molecule has 0 saturated carbocycles. The number of ether oxygens (including phenoxy) is 1. The summed E-state index contributed by atoms with van der Waals surface area (Å²) in [6.07, 6.45) is 2.71. The van der Waals surface area contributed by atoms with Gasteiger partial charge in [-0.05, 0) is 37.8 Å². The van der Waals surface area contributed by atoms with Crippen molar-refractivity contribution < 1.29 is 4.74 Å². The molecule has 0 N–H and O–H groups in total. The molecule has 3 rings (SSSR count). The van der Waals surface area contributed by atoms with Crippen LogP contribution in [-0.4, -0.2) is 34.4 Å². The van der Waals surface area contributed by atoms with E-state index >= 15 is 0 Å². The highest BCUT2D eigenvalue weighted by molar-refractivity contribution is 7.11. The lowest BCUT2D eigenvalue weighted by molar-refractivity contribution is 0.0677. The Morgan fingerprint density at radius 2 is 2.09 bits per heavy atom. The summed E-state index contributed by atoms with van der Waals surface area (Å²) < 4.78 is 5.82. The summed E-state index contributed by atoms with van der Waals surface area (Å²) in [5.74, 6) is 0. The predicted molar refractivity (Wildman–Crippen MR) is 88.9 cm³/mol. The molecule has 0 bridgehead atoms. The largest absolute Gasteiger partial charge is 0.377 e. The van der Waals surface area contributed by atoms with Gasteiger partial charge in [-0.2, -0.15) is 0 Å². The molecule has 1 fully saturated rings. The normalized spacial score (nSPS) is 18.2. The van der Waals surface area contributed by atoms with Crippen molar-refractivity contribution in [3.63, 3.8) is 0 Å². The number of aryl methyl sites for hydroxylation is 2. The van der Waals surface area contributed by atoms with Crippen LogP contribution in [0.25, 0.3) is 0 Å². The van der Waals surface area contributed by atoms with Crippen molar-refractivity contribution in [1.82, 2.24) is 15.1 Å². The van der Waals surface area contributed by atoms with E-state index in [1.165, 1.54) is 24.0 Å². The van der Waals surface area contributed by atoms with Crippen LogP contribution in [0, 0.1) is 13.8 Å². The first-order valence-corrected chi connectivity index (χ1v) is 8.70. The molecule has 0 radical (unpaired) electrons.